The number of hydrogen-bond acceptors (Lipinski definition) is 3. The molecular weight excluding hydrogens is 240 g/mol. The third-order valence-electron chi connectivity index (χ3n) is 3.27. The summed E-state index contributed by atoms with van der Waals surface area (Å²) in [7, 11) is 1.95. The largest absolute Gasteiger partial charge is 0.388 e. The minimum atomic E-state index is 0.519. The molecule has 18 heavy (non-hydrogen) atoms. The molecule has 1 heterocycles. The summed E-state index contributed by atoms with van der Waals surface area (Å²) in [6, 6.07) is 8.67. The van der Waals surface area contributed by atoms with Gasteiger partial charge in [0.05, 0.1) is 5.01 Å². The average molecular weight is 260 g/mol. The van der Waals surface area contributed by atoms with E-state index in [-0.39, 0.29) is 0 Å². The van der Waals surface area contributed by atoms with Crippen LogP contribution in [0.3, 0.4) is 0 Å². The van der Waals surface area contributed by atoms with Gasteiger partial charge in [0.2, 0.25) is 0 Å². The Morgan fingerprint density at radius 2 is 1.94 bits per heavy atom. The van der Waals surface area contributed by atoms with Crippen LogP contribution in [0.15, 0.2) is 35.8 Å². The number of rotatable bonds is 5. The van der Waals surface area contributed by atoms with Gasteiger partial charge in [-0.3, -0.25) is 0 Å². The number of nitrogens with zero attached hydrogens (tertiary/aromatic N) is 1. The van der Waals surface area contributed by atoms with Crippen molar-refractivity contribution in [1.29, 1.82) is 0 Å². The van der Waals surface area contributed by atoms with Crippen molar-refractivity contribution in [1.82, 2.24) is 4.98 Å². The van der Waals surface area contributed by atoms with Crippen molar-refractivity contribution in [3.63, 3.8) is 0 Å². The van der Waals surface area contributed by atoms with Crippen molar-refractivity contribution < 1.29 is 0 Å². The molecule has 0 saturated carbocycles. The molecule has 2 rings (SSSR count). The Morgan fingerprint density at radius 1 is 1.22 bits per heavy atom. The number of anilines is 1. The molecule has 0 aliphatic heterocycles. The Bertz CT molecular complexity index is 460. The van der Waals surface area contributed by atoms with Gasteiger partial charge in [-0.25, -0.2) is 4.98 Å². The van der Waals surface area contributed by atoms with E-state index in [1.54, 1.807) is 11.3 Å². The van der Waals surface area contributed by atoms with Crippen LogP contribution in [-0.4, -0.2) is 12.0 Å². The number of nitrogens with one attached hydrogen (secondary N) is 1. The van der Waals surface area contributed by atoms with Crippen LogP contribution in [0, 0.1) is 5.92 Å². The Hall–Kier alpha value is -1.35. The molecule has 2 nitrogen and oxygen atoms in total. The summed E-state index contributed by atoms with van der Waals surface area (Å²) >= 11 is 1.76. The van der Waals surface area contributed by atoms with Crippen LogP contribution >= 0.6 is 11.3 Å². The first-order chi connectivity index (χ1) is 8.70. The Morgan fingerprint density at radius 3 is 2.44 bits per heavy atom. The molecule has 2 aromatic rings. The van der Waals surface area contributed by atoms with E-state index in [0.29, 0.717) is 11.8 Å². The maximum absolute atomic E-state index is 4.47. The topological polar surface area (TPSA) is 24.9 Å². The second kappa shape index (κ2) is 6.01. The zero-order chi connectivity index (χ0) is 13.0. The molecular formula is C15H20N2S. The van der Waals surface area contributed by atoms with Crippen LogP contribution in [0.5, 0.6) is 0 Å². The second-order valence-electron chi connectivity index (χ2n) is 4.87. The lowest BCUT2D eigenvalue weighted by Gasteiger charge is -2.18. The Balaban J connectivity index is 2.13. The molecule has 1 aromatic heterocycles. The van der Waals surface area contributed by atoms with Gasteiger partial charge in [0.25, 0.3) is 0 Å². The maximum Gasteiger partial charge on any atom is 0.0961 e. The first kappa shape index (κ1) is 13.1. The van der Waals surface area contributed by atoms with Gasteiger partial charge >= 0.3 is 0 Å². The van der Waals surface area contributed by atoms with Gasteiger partial charge in [-0.15, -0.1) is 11.3 Å². The summed E-state index contributed by atoms with van der Waals surface area (Å²) in [6.45, 7) is 4.54. The van der Waals surface area contributed by atoms with Crippen LogP contribution in [0.1, 0.15) is 30.3 Å². The second-order valence-corrected chi connectivity index (χ2v) is 5.80. The highest BCUT2D eigenvalue weighted by Gasteiger charge is 2.18. The summed E-state index contributed by atoms with van der Waals surface area (Å²) in [5, 5.41) is 6.46. The monoisotopic (exact) mass is 260 g/mol. The predicted octanol–water partition coefficient (Wildman–Crippen LogP) is 4.17. The Kier molecular flexibility index (Phi) is 4.37. The average Bonchev–Trinajstić information content (AvgIpc) is 2.90. The van der Waals surface area contributed by atoms with Crippen LogP contribution < -0.4 is 5.32 Å². The summed E-state index contributed by atoms with van der Waals surface area (Å²) in [5.74, 6) is 1.13. The third kappa shape index (κ3) is 3.10. The molecule has 0 spiro atoms. The minimum absolute atomic E-state index is 0.519. The van der Waals surface area contributed by atoms with E-state index in [9.17, 15) is 0 Å². The van der Waals surface area contributed by atoms with Crippen LogP contribution in [0.25, 0.3) is 0 Å². The molecule has 0 aliphatic carbocycles. The molecule has 0 amide bonds. The van der Waals surface area contributed by atoms with E-state index in [4.69, 9.17) is 0 Å². The molecule has 1 unspecified atom stereocenters. The minimum Gasteiger partial charge on any atom is -0.388 e. The molecule has 96 valence electrons. The predicted molar refractivity (Wildman–Crippen MR) is 79.4 cm³/mol. The fourth-order valence-corrected chi connectivity index (χ4v) is 3.00. The fourth-order valence-electron chi connectivity index (χ4n) is 2.09. The summed E-state index contributed by atoms with van der Waals surface area (Å²) < 4.78 is 0. The number of aromatic nitrogens is 1. The molecule has 0 radical (unpaired) electrons. The first-order valence-corrected chi connectivity index (χ1v) is 7.24. The van der Waals surface area contributed by atoms with Gasteiger partial charge in [0, 0.05) is 30.2 Å². The SMILES string of the molecule is CNc1ccc(CC(c2nccs2)C(C)C)cc1. The number of thiazole rings is 1. The quantitative estimate of drug-likeness (QED) is 0.873. The van der Waals surface area contributed by atoms with Crippen LogP contribution in [0.2, 0.25) is 0 Å². The lowest BCUT2D eigenvalue weighted by molar-refractivity contribution is 0.493. The van der Waals surface area contributed by atoms with E-state index in [2.05, 4.69) is 53.8 Å². The van der Waals surface area contributed by atoms with Crippen molar-refractivity contribution in [2.75, 3.05) is 12.4 Å². The van der Waals surface area contributed by atoms with Crippen molar-refractivity contribution >= 4 is 17.0 Å². The van der Waals surface area contributed by atoms with Gasteiger partial charge < -0.3 is 5.32 Å². The molecule has 0 aliphatic rings. The summed E-state index contributed by atoms with van der Waals surface area (Å²) in [4.78, 5) is 4.47. The van der Waals surface area contributed by atoms with Crippen LogP contribution in [0.4, 0.5) is 5.69 Å². The standard InChI is InChI=1S/C15H20N2S/c1-11(2)14(15-17-8-9-18-15)10-12-4-6-13(16-3)7-5-12/h4-9,11,14,16H,10H2,1-3H3. The van der Waals surface area contributed by atoms with Gasteiger partial charge in [-0.1, -0.05) is 26.0 Å². The molecule has 3 heteroatoms. The van der Waals surface area contributed by atoms with E-state index >= 15 is 0 Å². The van der Waals surface area contributed by atoms with Gasteiger partial charge in [-0.2, -0.15) is 0 Å². The molecule has 0 bridgehead atoms. The highest BCUT2D eigenvalue weighted by Crippen LogP contribution is 2.30. The number of benzene rings is 1. The molecule has 1 atom stereocenters. The van der Waals surface area contributed by atoms with Gasteiger partial charge in [0.15, 0.2) is 0 Å². The molecule has 1 N–H and O–H groups in total. The van der Waals surface area contributed by atoms with E-state index in [0.717, 1.165) is 12.1 Å². The van der Waals surface area contributed by atoms with Crippen molar-refractivity contribution in [3.8, 4) is 0 Å². The van der Waals surface area contributed by atoms with Crippen LogP contribution in [-0.2, 0) is 6.42 Å². The van der Waals surface area contributed by atoms with Crippen molar-refractivity contribution in [3.05, 3.63) is 46.4 Å². The van der Waals surface area contributed by atoms with E-state index in [1.165, 1.54) is 10.6 Å². The van der Waals surface area contributed by atoms with Gasteiger partial charge in [-0.05, 0) is 30.0 Å². The molecule has 0 fully saturated rings. The first-order valence-electron chi connectivity index (χ1n) is 6.36. The normalized spacial score (nSPS) is 12.7. The Labute approximate surface area is 113 Å². The molecule has 1 aromatic carbocycles. The summed E-state index contributed by atoms with van der Waals surface area (Å²) in [6.07, 6.45) is 2.97. The molecule has 0 saturated heterocycles. The number of hydrogen-bond donors (Lipinski definition) is 1. The van der Waals surface area contributed by atoms with E-state index < -0.39 is 0 Å². The summed E-state index contributed by atoms with van der Waals surface area (Å²) in [5.41, 5.74) is 2.54. The van der Waals surface area contributed by atoms with Crippen molar-refractivity contribution in [2.24, 2.45) is 5.92 Å². The smallest absolute Gasteiger partial charge is 0.0961 e. The van der Waals surface area contributed by atoms with Crippen molar-refractivity contribution in [2.45, 2.75) is 26.2 Å². The zero-order valence-electron chi connectivity index (χ0n) is 11.2. The third-order valence-corrected chi connectivity index (χ3v) is 4.18. The van der Waals surface area contributed by atoms with E-state index in [1.807, 2.05) is 13.2 Å². The lowest BCUT2D eigenvalue weighted by Crippen LogP contribution is -2.09. The fraction of sp³-hybridized carbons (Fsp3) is 0.400. The zero-order valence-corrected chi connectivity index (χ0v) is 12.0. The lowest BCUT2D eigenvalue weighted by atomic mass is 9.90. The highest BCUT2D eigenvalue weighted by molar-refractivity contribution is 7.09. The highest BCUT2D eigenvalue weighted by atomic mass is 32.1. The maximum atomic E-state index is 4.47. The van der Waals surface area contributed by atoms with Gasteiger partial charge in [0.1, 0.15) is 0 Å².